The summed E-state index contributed by atoms with van der Waals surface area (Å²) < 4.78 is 0. The first-order chi connectivity index (χ1) is 12.0. The first kappa shape index (κ1) is 17.7. The second-order valence-corrected chi connectivity index (χ2v) is 7.13. The van der Waals surface area contributed by atoms with E-state index in [1.165, 1.54) is 11.1 Å². The van der Waals surface area contributed by atoms with E-state index < -0.39 is 0 Å². The Balaban J connectivity index is 1.52. The van der Waals surface area contributed by atoms with E-state index in [0.717, 1.165) is 49.1 Å². The van der Waals surface area contributed by atoms with E-state index in [0.29, 0.717) is 5.75 Å². The van der Waals surface area contributed by atoms with Crippen LogP contribution in [0.25, 0.3) is 0 Å². The number of nitrogens with one attached hydrogen (secondary N) is 1. The number of benzene rings is 2. The highest BCUT2D eigenvalue weighted by Gasteiger charge is 2.19. The van der Waals surface area contributed by atoms with Gasteiger partial charge in [-0.15, -0.1) is 0 Å². The number of aromatic hydroxyl groups is 1. The van der Waals surface area contributed by atoms with Crippen molar-refractivity contribution < 1.29 is 5.11 Å². The zero-order valence-corrected chi connectivity index (χ0v) is 15.6. The fourth-order valence-corrected chi connectivity index (χ4v) is 3.57. The second kappa shape index (κ2) is 7.85. The maximum Gasteiger partial charge on any atom is 0.173 e. The molecule has 0 aromatic heterocycles. The average Bonchev–Trinajstić information content (AvgIpc) is 2.54. The molecular weight excluding hydrogens is 330 g/mol. The van der Waals surface area contributed by atoms with Crippen molar-refractivity contribution in [3.63, 3.8) is 0 Å². The van der Waals surface area contributed by atoms with Crippen LogP contribution in [-0.2, 0) is 6.54 Å². The highest BCUT2D eigenvalue weighted by Crippen LogP contribution is 2.17. The van der Waals surface area contributed by atoms with Crippen LogP contribution in [0.15, 0.2) is 42.5 Å². The molecule has 1 saturated heterocycles. The molecule has 3 rings (SSSR count). The fourth-order valence-electron chi connectivity index (χ4n) is 3.27. The summed E-state index contributed by atoms with van der Waals surface area (Å²) in [7, 11) is 0. The standard InChI is InChI=1S/C20H25N3OS/c1-15-10-16(2)12-18(11-15)21-20(25)23-8-6-22(7-9-23)14-17-4-3-5-19(24)13-17/h3-5,10-13,24H,6-9,14H2,1-2H3,(H,21,25). The number of rotatable bonds is 3. The van der Waals surface area contributed by atoms with E-state index in [9.17, 15) is 5.11 Å². The van der Waals surface area contributed by atoms with Gasteiger partial charge in [0.05, 0.1) is 0 Å². The topological polar surface area (TPSA) is 38.7 Å². The molecule has 1 heterocycles. The van der Waals surface area contributed by atoms with E-state index in [1.54, 1.807) is 6.07 Å². The van der Waals surface area contributed by atoms with Crippen molar-refractivity contribution >= 4 is 23.0 Å². The third-order valence-electron chi connectivity index (χ3n) is 4.45. The molecule has 1 aliphatic rings. The number of piperazine rings is 1. The van der Waals surface area contributed by atoms with Crippen molar-refractivity contribution in [2.24, 2.45) is 0 Å². The van der Waals surface area contributed by atoms with Crippen LogP contribution in [0, 0.1) is 13.8 Å². The molecule has 0 amide bonds. The maximum atomic E-state index is 9.58. The predicted molar refractivity (Wildman–Crippen MR) is 107 cm³/mol. The van der Waals surface area contributed by atoms with Crippen LogP contribution in [0.1, 0.15) is 16.7 Å². The number of phenolic OH excluding ortho intramolecular Hbond substituents is 1. The lowest BCUT2D eigenvalue weighted by Gasteiger charge is -2.36. The lowest BCUT2D eigenvalue weighted by molar-refractivity contribution is 0.177. The SMILES string of the molecule is Cc1cc(C)cc(NC(=S)N2CCN(Cc3cccc(O)c3)CC2)c1. The van der Waals surface area contributed by atoms with Gasteiger partial charge in [0.2, 0.25) is 0 Å². The minimum Gasteiger partial charge on any atom is -0.508 e. The number of hydrogen-bond donors (Lipinski definition) is 2. The minimum atomic E-state index is 0.329. The van der Waals surface area contributed by atoms with E-state index in [4.69, 9.17) is 12.2 Å². The Morgan fingerprint density at radius 1 is 1.04 bits per heavy atom. The van der Waals surface area contributed by atoms with Gasteiger partial charge in [0.1, 0.15) is 5.75 Å². The van der Waals surface area contributed by atoms with Crippen LogP contribution >= 0.6 is 12.2 Å². The van der Waals surface area contributed by atoms with Gasteiger partial charge in [-0.25, -0.2) is 0 Å². The number of aryl methyl sites for hydroxylation is 2. The van der Waals surface area contributed by atoms with Gasteiger partial charge in [-0.05, 0) is 67.0 Å². The third kappa shape index (κ3) is 4.94. The van der Waals surface area contributed by atoms with Crippen molar-refractivity contribution in [3.8, 4) is 5.75 Å². The molecule has 2 N–H and O–H groups in total. The molecule has 4 nitrogen and oxygen atoms in total. The largest absolute Gasteiger partial charge is 0.508 e. The molecule has 0 saturated carbocycles. The number of phenols is 1. The maximum absolute atomic E-state index is 9.58. The summed E-state index contributed by atoms with van der Waals surface area (Å²) in [5, 5.41) is 13.7. The predicted octanol–water partition coefficient (Wildman–Crippen LogP) is 3.52. The molecule has 0 atom stereocenters. The second-order valence-electron chi connectivity index (χ2n) is 6.74. The first-order valence-electron chi connectivity index (χ1n) is 8.64. The molecule has 2 aromatic carbocycles. The Hall–Kier alpha value is -2.11. The summed E-state index contributed by atoms with van der Waals surface area (Å²) in [6.45, 7) is 8.81. The number of hydrogen-bond acceptors (Lipinski definition) is 3. The van der Waals surface area contributed by atoms with Gasteiger partial charge in [0.25, 0.3) is 0 Å². The molecule has 1 aliphatic heterocycles. The lowest BCUT2D eigenvalue weighted by Crippen LogP contribution is -2.49. The van der Waals surface area contributed by atoms with Gasteiger partial charge < -0.3 is 15.3 Å². The molecule has 0 radical (unpaired) electrons. The molecule has 2 aromatic rings. The van der Waals surface area contributed by atoms with E-state index in [-0.39, 0.29) is 0 Å². The number of thiocarbonyl (C=S) groups is 1. The highest BCUT2D eigenvalue weighted by molar-refractivity contribution is 7.80. The van der Waals surface area contributed by atoms with Gasteiger partial charge in [-0.3, -0.25) is 4.90 Å². The van der Waals surface area contributed by atoms with Gasteiger partial charge >= 0.3 is 0 Å². The van der Waals surface area contributed by atoms with Gasteiger partial charge in [-0.2, -0.15) is 0 Å². The summed E-state index contributed by atoms with van der Waals surface area (Å²) in [5.74, 6) is 0.329. The van der Waals surface area contributed by atoms with Gasteiger partial charge in [0.15, 0.2) is 5.11 Å². The Kier molecular flexibility index (Phi) is 5.56. The molecule has 0 aliphatic carbocycles. The van der Waals surface area contributed by atoms with Gasteiger partial charge in [0, 0.05) is 38.4 Å². The Labute approximate surface area is 155 Å². The Morgan fingerprint density at radius 2 is 1.72 bits per heavy atom. The highest BCUT2D eigenvalue weighted by atomic mass is 32.1. The normalized spacial score (nSPS) is 15.2. The smallest absolute Gasteiger partial charge is 0.173 e. The molecule has 0 spiro atoms. The quantitative estimate of drug-likeness (QED) is 0.824. The lowest BCUT2D eigenvalue weighted by atomic mass is 10.1. The number of anilines is 1. The van der Waals surface area contributed by atoms with Crippen LogP contribution in [0.3, 0.4) is 0 Å². The summed E-state index contributed by atoms with van der Waals surface area (Å²) in [5.41, 5.74) is 4.68. The van der Waals surface area contributed by atoms with E-state index in [2.05, 4.69) is 53.2 Å². The third-order valence-corrected chi connectivity index (χ3v) is 4.81. The molecular formula is C20H25N3OS. The summed E-state index contributed by atoms with van der Waals surface area (Å²) >= 11 is 5.59. The average molecular weight is 356 g/mol. The monoisotopic (exact) mass is 355 g/mol. The van der Waals surface area contributed by atoms with Crippen molar-refractivity contribution in [2.75, 3.05) is 31.5 Å². The van der Waals surface area contributed by atoms with Crippen molar-refractivity contribution in [2.45, 2.75) is 20.4 Å². The van der Waals surface area contributed by atoms with Crippen LogP contribution in [0.5, 0.6) is 5.75 Å². The zero-order chi connectivity index (χ0) is 17.8. The summed E-state index contributed by atoms with van der Waals surface area (Å²) in [6.07, 6.45) is 0. The number of nitrogens with zero attached hydrogens (tertiary/aromatic N) is 2. The summed E-state index contributed by atoms with van der Waals surface area (Å²) in [6, 6.07) is 13.9. The zero-order valence-electron chi connectivity index (χ0n) is 14.8. The van der Waals surface area contributed by atoms with Crippen molar-refractivity contribution in [1.82, 2.24) is 9.80 Å². The van der Waals surface area contributed by atoms with Crippen LogP contribution in [0.4, 0.5) is 5.69 Å². The van der Waals surface area contributed by atoms with Crippen molar-refractivity contribution in [3.05, 3.63) is 59.2 Å². The molecule has 5 heteroatoms. The molecule has 0 unspecified atom stereocenters. The van der Waals surface area contributed by atoms with Gasteiger partial charge in [-0.1, -0.05) is 18.2 Å². The Morgan fingerprint density at radius 3 is 2.36 bits per heavy atom. The van der Waals surface area contributed by atoms with Crippen LogP contribution < -0.4 is 5.32 Å². The Bertz CT molecular complexity index is 734. The van der Waals surface area contributed by atoms with E-state index >= 15 is 0 Å². The minimum absolute atomic E-state index is 0.329. The van der Waals surface area contributed by atoms with E-state index in [1.807, 2.05) is 12.1 Å². The summed E-state index contributed by atoms with van der Waals surface area (Å²) in [4.78, 5) is 4.62. The molecule has 0 bridgehead atoms. The van der Waals surface area contributed by atoms with Crippen molar-refractivity contribution in [1.29, 1.82) is 0 Å². The molecule has 25 heavy (non-hydrogen) atoms. The molecule has 132 valence electrons. The first-order valence-corrected chi connectivity index (χ1v) is 9.05. The van der Waals surface area contributed by atoms with Crippen LogP contribution in [-0.4, -0.2) is 46.2 Å². The molecule has 1 fully saturated rings. The van der Waals surface area contributed by atoms with Crippen LogP contribution in [0.2, 0.25) is 0 Å². The fraction of sp³-hybridized carbons (Fsp3) is 0.350.